The van der Waals surface area contributed by atoms with E-state index in [4.69, 9.17) is 0 Å². The normalized spacial score (nSPS) is 18.7. The number of benzene rings is 2. The van der Waals surface area contributed by atoms with E-state index in [0.29, 0.717) is 23.8 Å². The van der Waals surface area contributed by atoms with Crippen molar-refractivity contribution >= 4 is 28.5 Å². The minimum Gasteiger partial charge on any atom is -0.304 e. The minimum atomic E-state index is -4.36. The summed E-state index contributed by atoms with van der Waals surface area (Å²) >= 11 is 1.33. The summed E-state index contributed by atoms with van der Waals surface area (Å²) < 4.78 is 38.5. The SMILES string of the molecule is Cc1ccc(/N=C2/NC(=O)C(CN(C)Cc3cccc(C(F)(F)F)c3)S2)cc1. The van der Waals surface area contributed by atoms with Gasteiger partial charge in [-0.1, -0.05) is 47.7 Å². The van der Waals surface area contributed by atoms with E-state index < -0.39 is 11.7 Å². The maximum Gasteiger partial charge on any atom is 0.416 e. The number of thioether (sulfide) groups is 1. The minimum absolute atomic E-state index is 0.147. The van der Waals surface area contributed by atoms with Crippen LogP contribution >= 0.6 is 11.8 Å². The lowest BCUT2D eigenvalue weighted by atomic mass is 10.1. The molecule has 0 radical (unpaired) electrons. The highest BCUT2D eigenvalue weighted by Gasteiger charge is 2.32. The Bertz CT molecular complexity index is 881. The van der Waals surface area contributed by atoms with Crippen LogP contribution in [0.1, 0.15) is 16.7 Å². The fourth-order valence-corrected chi connectivity index (χ4v) is 3.90. The first-order chi connectivity index (χ1) is 13.2. The third-order valence-electron chi connectivity index (χ3n) is 4.23. The Balaban J connectivity index is 1.61. The average Bonchev–Trinajstić information content (AvgIpc) is 2.95. The molecule has 2 aromatic carbocycles. The number of nitrogens with zero attached hydrogens (tertiary/aromatic N) is 2. The highest BCUT2D eigenvalue weighted by molar-refractivity contribution is 8.15. The zero-order valence-electron chi connectivity index (χ0n) is 15.5. The molecule has 0 aliphatic carbocycles. The van der Waals surface area contributed by atoms with E-state index in [1.807, 2.05) is 36.1 Å². The van der Waals surface area contributed by atoms with Gasteiger partial charge >= 0.3 is 6.18 Å². The summed E-state index contributed by atoms with van der Waals surface area (Å²) in [5, 5.41) is 2.94. The smallest absolute Gasteiger partial charge is 0.304 e. The number of hydrogen-bond acceptors (Lipinski definition) is 4. The number of hydrogen-bond donors (Lipinski definition) is 1. The molecule has 1 N–H and O–H groups in total. The molecule has 4 nitrogen and oxygen atoms in total. The van der Waals surface area contributed by atoms with Crippen LogP contribution < -0.4 is 5.32 Å². The van der Waals surface area contributed by atoms with Crippen molar-refractivity contribution in [2.75, 3.05) is 13.6 Å². The van der Waals surface area contributed by atoms with Crippen molar-refractivity contribution in [2.24, 2.45) is 4.99 Å². The Morgan fingerprint density at radius 2 is 1.89 bits per heavy atom. The van der Waals surface area contributed by atoms with Crippen LogP contribution in [0.25, 0.3) is 0 Å². The Hall–Kier alpha value is -2.32. The van der Waals surface area contributed by atoms with Crippen LogP contribution in [0.5, 0.6) is 0 Å². The zero-order valence-corrected chi connectivity index (χ0v) is 16.3. The molecule has 1 fully saturated rings. The number of rotatable bonds is 5. The molecular weight excluding hydrogens is 387 g/mol. The quantitative estimate of drug-likeness (QED) is 0.801. The summed E-state index contributed by atoms with van der Waals surface area (Å²) in [6.45, 7) is 2.71. The maximum atomic E-state index is 12.8. The first-order valence-corrected chi connectivity index (χ1v) is 9.56. The lowest BCUT2D eigenvalue weighted by molar-refractivity contribution is -0.137. The molecule has 0 aromatic heterocycles. The van der Waals surface area contributed by atoms with Gasteiger partial charge in [0.1, 0.15) is 5.25 Å². The first kappa shape index (κ1) is 20.4. The zero-order chi connectivity index (χ0) is 20.3. The van der Waals surface area contributed by atoms with Crippen LogP contribution in [0, 0.1) is 6.92 Å². The van der Waals surface area contributed by atoms with Gasteiger partial charge in [0, 0.05) is 13.1 Å². The van der Waals surface area contributed by atoms with Crippen LogP contribution in [-0.2, 0) is 17.5 Å². The third-order valence-corrected chi connectivity index (χ3v) is 5.29. The standard InChI is InChI=1S/C20H20F3N3OS/c1-13-6-8-16(9-7-13)24-19-25-18(27)17(28-19)12-26(2)11-14-4-3-5-15(10-14)20(21,22)23/h3-10,17H,11-12H2,1-2H3,(H,24,25,27). The van der Waals surface area contributed by atoms with Gasteiger partial charge in [0.25, 0.3) is 0 Å². The fourth-order valence-electron chi connectivity index (χ4n) is 2.82. The van der Waals surface area contributed by atoms with E-state index >= 15 is 0 Å². The number of aliphatic imine (C=N–C) groups is 1. The van der Waals surface area contributed by atoms with Crippen LogP contribution in [0.2, 0.25) is 0 Å². The number of amides is 1. The van der Waals surface area contributed by atoms with E-state index in [0.717, 1.165) is 23.4 Å². The number of amidine groups is 1. The highest BCUT2D eigenvalue weighted by atomic mass is 32.2. The van der Waals surface area contributed by atoms with Crippen molar-refractivity contribution in [2.45, 2.75) is 24.9 Å². The summed E-state index contributed by atoms with van der Waals surface area (Å²) in [7, 11) is 1.78. The molecule has 0 spiro atoms. The molecule has 28 heavy (non-hydrogen) atoms. The first-order valence-electron chi connectivity index (χ1n) is 8.68. The average molecular weight is 407 g/mol. The molecule has 0 saturated carbocycles. The Labute approximate surface area is 165 Å². The van der Waals surface area contributed by atoms with Crippen molar-refractivity contribution in [3.63, 3.8) is 0 Å². The number of halogens is 3. The van der Waals surface area contributed by atoms with Gasteiger partial charge < -0.3 is 10.2 Å². The van der Waals surface area contributed by atoms with Gasteiger partial charge in [0.15, 0.2) is 5.17 Å². The second-order valence-corrected chi connectivity index (χ2v) is 7.93. The van der Waals surface area contributed by atoms with E-state index in [2.05, 4.69) is 10.3 Å². The van der Waals surface area contributed by atoms with Gasteiger partial charge in [-0.15, -0.1) is 0 Å². The predicted octanol–water partition coefficient (Wildman–Crippen LogP) is 4.36. The summed E-state index contributed by atoms with van der Waals surface area (Å²) in [4.78, 5) is 18.5. The number of carbonyl (C=O) groups excluding carboxylic acids is 1. The highest BCUT2D eigenvalue weighted by Crippen LogP contribution is 2.30. The summed E-state index contributed by atoms with van der Waals surface area (Å²) in [5.74, 6) is -0.147. The van der Waals surface area contributed by atoms with Crippen LogP contribution in [0.3, 0.4) is 0 Å². The summed E-state index contributed by atoms with van der Waals surface area (Å²) in [6, 6.07) is 12.9. The van der Waals surface area contributed by atoms with Crippen molar-refractivity contribution < 1.29 is 18.0 Å². The van der Waals surface area contributed by atoms with Crippen molar-refractivity contribution in [3.8, 4) is 0 Å². The van der Waals surface area contributed by atoms with Crippen LogP contribution in [-0.4, -0.2) is 34.8 Å². The van der Waals surface area contributed by atoms with Crippen molar-refractivity contribution in [1.82, 2.24) is 10.2 Å². The fraction of sp³-hybridized carbons (Fsp3) is 0.300. The number of aryl methyl sites for hydroxylation is 1. The lowest BCUT2D eigenvalue weighted by Crippen LogP contribution is -2.33. The summed E-state index contributed by atoms with van der Waals surface area (Å²) in [5.41, 5.74) is 1.76. The van der Waals surface area contributed by atoms with Gasteiger partial charge in [-0.25, -0.2) is 4.99 Å². The molecule has 1 saturated heterocycles. The third kappa shape index (κ3) is 5.36. The second-order valence-electron chi connectivity index (χ2n) is 6.74. The van der Waals surface area contributed by atoms with E-state index in [-0.39, 0.29) is 11.2 Å². The predicted molar refractivity (Wildman–Crippen MR) is 106 cm³/mol. The molecule has 1 unspecified atom stereocenters. The molecular formula is C20H20F3N3OS. The van der Waals surface area contributed by atoms with E-state index in [1.54, 1.807) is 13.1 Å². The van der Waals surface area contributed by atoms with Gasteiger partial charge in [-0.05, 0) is 37.7 Å². The van der Waals surface area contributed by atoms with Crippen molar-refractivity contribution in [1.29, 1.82) is 0 Å². The number of alkyl halides is 3. The molecule has 8 heteroatoms. The van der Waals surface area contributed by atoms with Gasteiger partial charge in [0.05, 0.1) is 11.3 Å². The lowest BCUT2D eigenvalue weighted by Gasteiger charge is -2.19. The largest absolute Gasteiger partial charge is 0.416 e. The molecule has 2 aromatic rings. The maximum absolute atomic E-state index is 12.8. The van der Waals surface area contributed by atoms with E-state index in [1.165, 1.54) is 17.8 Å². The Kier molecular flexibility index (Phi) is 6.10. The van der Waals surface area contributed by atoms with Crippen LogP contribution in [0.4, 0.5) is 18.9 Å². The molecule has 1 aliphatic heterocycles. The molecule has 1 aliphatic rings. The molecule has 3 rings (SSSR count). The van der Waals surface area contributed by atoms with Gasteiger partial charge in [-0.2, -0.15) is 13.2 Å². The molecule has 1 amide bonds. The molecule has 1 atom stereocenters. The molecule has 1 heterocycles. The monoisotopic (exact) mass is 407 g/mol. The van der Waals surface area contributed by atoms with Crippen molar-refractivity contribution in [3.05, 3.63) is 65.2 Å². The van der Waals surface area contributed by atoms with Gasteiger partial charge in [0.2, 0.25) is 5.91 Å². The Morgan fingerprint density at radius 1 is 1.18 bits per heavy atom. The Morgan fingerprint density at radius 3 is 2.57 bits per heavy atom. The van der Waals surface area contributed by atoms with E-state index in [9.17, 15) is 18.0 Å². The topological polar surface area (TPSA) is 44.7 Å². The van der Waals surface area contributed by atoms with Gasteiger partial charge in [-0.3, -0.25) is 4.79 Å². The molecule has 148 valence electrons. The number of carbonyl (C=O) groups is 1. The van der Waals surface area contributed by atoms with Crippen LogP contribution in [0.15, 0.2) is 53.5 Å². The summed E-state index contributed by atoms with van der Waals surface area (Å²) in [6.07, 6.45) is -4.36. The molecule has 0 bridgehead atoms. The second kappa shape index (κ2) is 8.36. The number of nitrogens with one attached hydrogen (secondary N) is 1.